The summed E-state index contributed by atoms with van der Waals surface area (Å²) in [5.41, 5.74) is 2.86. The third kappa shape index (κ3) is 3.56. The molecule has 1 unspecified atom stereocenters. The predicted molar refractivity (Wildman–Crippen MR) is 77.3 cm³/mol. The van der Waals surface area contributed by atoms with Crippen LogP contribution < -0.4 is 5.32 Å². The van der Waals surface area contributed by atoms with Crippen LogP contribution in [0.15, 0.2) is 22.7 Å². The van der Waals surface area contributed by atoms with Gasteiger partial charge in [0.25, 0.3) is 0 Å². The molecular formula is C15H22BrN. The number of nitrogens with one attached hydrogen (secondary N) is 1. The van der Waals surface area contributed by atoms with E-state index < -0.39 is 0 Å². The molecule has 0 radical (unpaired) electrons. The summed E-state index contributed by atoms with van der Waals surface area (Å²) in [6.07, 6.45) is 5.36. The van der Waals surface area contributed by atoms with Crippen molar-refractivity contribution >= 4 is 15.9 Å². The molecule has 1 nitrogen and oxygen atoms in total. The normalized spacial score (nSPS) is 17.1. The van der Waals surface area contributed by atoms with E-state index in [2.05, 4.69) is 53.3 Å². The van der Waals surface area contributed by atoms with Gasteiger partial charge in [-0.25, -0.2) is 0 Å². The van der Waals surface area contributed by atoms with Gasteiger partial charge < -0.3 is 5.32 Å². The highest BCUT2D eigenvalue weighted by molar-refractivity contribution is 9.10. The molecule has 1 aromatic carbocycles. The van der Waals surface area contributed by atoms with Gasteiger partial charge in [0.2, 0.25) is 0 Å². The van der Waals surface area contributed by atoms with Crippen molar-refractivity contribution in [2.75, 3.05) is 6.54 Å². The highest BCUT2D eigenvalue weighted by Gasteiger charge is 2.26. The molecule has 0 heterocycles. The minimum atomic E-state index is 0.542. The number of rotatable bonds is 6. The Kier molecular flexibility index (Phi) is 4.63. The van der Waals surface area contributed by atoms with Gasteiger partial charge in [0.05, 0.1) is 0 Å². The van der Waals surface area contributed by atoms with E-state index in [1.54, 1.807) is 0 Å². The van der Waals surface area contributed by atoms with Crippen LogP contribution in [0, 0.1) is 12.8 Å². The Labute approximate surface area is 113 Å². The molecule has 2 heteroatoms. The van der Waals surface area contributed by atoms with Gasteiger partial charge in [0, 0.05) is 10.5 Å². The van der Waals surface area contributed by atoms with Crippen LogP contribution in [0.4, 0.5) is 0 Å². The molecule has 1 fully saturated rings. The van der Waals surface area contributed by atoms with Crippen LogP contribution in [-0.2, 0) is 0 Å². The Morgan fingerprint density at radius 3 is 2.82 bits per heavy atom. The third-order valence-electron chi connectivity index (χ3n) is 3.59. The maximum absolute atomic E-state index is 3.70. The molecule has 1 saturated carbocycles. The van der Waals surface area contributed by atoms with Gasteiger partial charge in [-0.2, -0.15) is 0 Å². The van der Waals surface area contributed by atoms with E-state index in [1.807, 2.05) is 0 Å². The van der Waals surface area contributed by atoms with Crippen LogP contribution in [0.3, 0.4) is 0 Å². The van der Waals surface area contributed by atoms with Crippen molar-refractivity contribution in [2.24, 2.45) is 5.92 Å². The first-order valence-electron chi connectivity index (χ1n) is 6.70. The van der Waals surface area contributed by atoms with Crippen LogP contribution in [0.2, 0.25) is 0 Å². The standard InChI is InChI=1S/C15H22BrN/c1-3-9-17-15(10-12-7-8-12)13-5-4-6-14(16)11(13)2/h4-6,12,15,17H,3,7-10H2,1-2H3. The second-order valence-electron chi connectivity index (χ2n) is 5.14. The third-order valence-corrected chi connectivity index (χ3v) is 4.45. The minimum Gasteiger partial charge on any atom is -0.310 e. The van der Waals surface area contributed by atoms with Crippen molar-refractivity contribution in [3.05, 3.63) is 33.8 Å². The zero-order valence-corrected chi connectivity index (χ0v) is 12.4. The first-order valence-corrected chi connectivity index (χ1v) is 7.50. The summed E-state index contributed by atoms with van der Waals surface area (Å²) in [5, 5.41) is 3.70. The van der Waals surface area contributed by atoms with Gasteiger partial charge in [-0.05, 0) is 49.4 Å². The maximum atomic E-state index is 3.70. The average Bonchev–Trinajstić information content (AvgIpc) is 3.12. The lowest BCUT2D eigenvalue weighted by atomic mass is 9.97. The number of halogens is 1. The largest absolute Gasteiger partial charge is 0.310 e. The summed E-state index contributed by atoms with van der Waals surface area (Å²) >= 11 is 3.64. The summed E-state index contributed by atoms with van der Waals surface area (Å²) in [6.45, 7) is 5.56. The van der Waals surface area contributed by atoms with Crippen molar-refractivity contribution in [1.29, 1.82) is 0 Å². The molecule has 17 heavy (non-hydrogen) atoms. The fourth-order valence-electron chi connectivity index (χ4n) is 2.33. The lowest BCUT2D eigenvalue weighted by Crippen LogP contribution is -2.23. The number of benzene rings is 1. The highest BCUT2D eigenvalue weighted by Crippen LogP contribution is 2.39. The molecule has 0 aliphatic heterocycles. The molecule has 0 bridgehead atoms. The van der Waals surface area contributed by atoms with E-state index in [4.69, 9.17) is 0 Å². The first kappa shape index (κ1) is 13.1. The lowest BCUT2D eigenvalue weighted by Gasteiger charge is -2.21. The Morgan fingerprint density at radius 2 is 2.18 bits per heavy atom. The summed E-state index contributed by atoms with van der Waals surface area (Å²) in [7, 11) is 0. The van der Waals surface area contributed by atoms with E-state index in [1.165, 1.54) is 41.3 Å². The molecule has 0 amide bonds. The summed E-state index contributed by atoms with van der Waals surface area (Å²) in [6, 6.07) is 7.10. The van der Waals surface area contributed by atoms with E-state index >= 15 is 0 Å². The van der Waals surface area contributed by atoms with Crippen LogP contribution in [-0.4, -0.2) is 6.54 Å². The Hall–Kier alpha value is -0.340. The van der Waals surface area contributed by atoms with Gasteiger partial charge in [-0.3, -0.25) is 0 Å². The molecule has 2 rings (SSSR count). The molecular weight excluding hydrogens is 274 g/mol. The van der Waals surface area contributed by atoms with Crippen LogP contribution in [0.1, 0.15) is 49.8 Å². The first-order chi connectivity index (χ1) is 8.22. The lowest BCUT2D eigenvalue weighted by molar-refractivity contribution is 0.472. The van der Waals surface area contributed by atoms with Crippen LogP contribution in [0.25, 0.3) is 0 Å². The molecule has 1 atom stereocenters. The molecule has 0 saturated heterocycles. The quantitative estimate of drug-likeness (QED) is 0.809. The maximum Gasteiger partial charge on any atom is 0.0325 e. The van der Waals surface area contributed by atoms with Gasteiger partial charge >= 0.3 is 0 Å². The van der Waals surface area contributed by atoms with Crippen molar-refractivity contribution in [3.63, 3.8) is 0 Å². The monoisotopic (exact) mass is 295 g/mol. The zero-order valence-electron chi connectivity index (χ0n) is 10.8. The van der Waals surface area contributed by atoms with E-state index in [-0.39, 0.29) is 0 Å². The zero-order chi connectivity index (χ0) is 12.3. The highest BCUT2D eigenvalue weighted by atomic mass is 79.9. The van der Waals surface area contributed by atoms with E-state index in [9.17, 15) is 0 Å². The van der Waals surface area contributed by atoms with Crippen molar-refractivity contribution < 1.29 is 0 Å². The second kappa shape index (κ2) is 6.01. The van der Waals surface area contributed by atoms with E-state index in [0.29, 0.717) is 6.04 Å². The molecule has 94 valence electrons. The van der Waals surface area contributed by atoms with Crippen LogP contribution in [0.5, 0.6) is 0 Å². The van der Waals surface area contributed by atoms with Gasteiger partial charge in [0.1, 0.15) is 0 Å². The van der Waals surface area contributed by atoms with Crippen molar-refractivity contribution in [1.82, 2.24) is 5.32 Å². The number of hydrogen-bond acceptors (Lipinski definition) is 1. The summed E-state index contributed by atoms with van der Waals surface area (Å²) in [5.74, 6) is 0.961. The molecule has 1 aliphatic carbocycles. The van der Waals surface area contributed by atoms with Gasteiger partial charge in [0.15, 0.2) is 0 Å². The Morgan fingerprint density at radius 1 is 1.41 bits per heavy atom. The summed E-state index contributed by atoms with van der Waals surface area (Å²) < 4.78 is 1.23. The SMILES string of the molecule is CCCNC(CC1CC1)c1cccc(Br)c1C. The van der Waals surface area contributed by atoms with Gasteiger partial charge in [-0.15, -0.1) is 0 Å². The molecule has 1 aromatic rings. The Bertz CT molecular complexity index is 371. The topological polar surface area (TPSA) is 12.0 Å². The number of hydrogen-bond donors (Lipinski definition) is 1. The van der Waals surface area contributed by atoms with Crippen molar-refractivity contribution in [3.8, 4) is 0 Å². The average molecular weight is 296 g/mol. The fraction of sp³-hybridized carbons (Fsp3) is 0.600. The molecule has 0 spiro atoms. The minimum absolute atomic E-state index is 0.542. The molecule has 1 aliphatic rings. The Balaban J connectivity index is 2.14. The predicted octanol–water partition coefficient (Wildman–Crippen LogP) is 4.60. The molecule has 1 N–H and O–H groups in total. The fourth-order valence-corrected chi connectivity index (χ4v) is 2.71. The second-order valence-corrected chi connectivity index (χ2v) is 5.99. The van der Waals surface area contributed by atoms with Gasteiger partial charge in [-0.1, -0.05) is 47.8 Å². The smallest absolute Gasteiger partial charge is 0.0325 e. The van der Waals surface area contributed by atoms with E-state index in [0.717, 1.165) is 12.5 Å². The van der Waals surface area contributed by atoms with Crippen LogP contribution >= 0.6 is 15.9 Å². The summed E-state index contributed by atoms with van der Waals surface area (Å²) in [4.78, 5) is 0. The van der Waals surface area contributed by atoms with Crippen molar-refractivity contribution in [2.45, 2.75) is 45.6 Å². The molecule has 0 aromatic heterocycles.